The number of unbranched alkanes of at least 4 members (excludes halogenated alkanes) is 1. The van der Waals surface area contributed by atoms with Crippen LogP contribution in [-0.4, -0.2) is 50.0 Å². The fourth-order valence-corrected chi connectivity index (χ4v) is 1.14. The van der Waals surface area contributed by atoms with E-state index in [4.69, 9.17) is 9.84 Å². The normalized spacial score (nSPS) is 10.8. The first-order chi connectivity index (χ1) is 7.66. The molecule has 0 aliphatic carbocycles. The first-order valence-corrected chi connectivity index (χ1v) is 5.85. The lowest BCUT2D eigenvalue weighted by atomic mass is 10.3. The number of carbonyl (C=O) groups is 1. The number of rotatable bonds is 10. The number of amides is 1. The fraction of sp³-hybridized carbons (Fsp3) is 0.909. The highest BCUT2D eigenvalue weighted by molar-refractivity contribution is 5.76. The zero-order valence-electron chi connectivity index (χ0n) is 10.3. The zero-order chi connectivity index (χ0) is 12.2. The first-order valence-electron chi connectivity index (χ1n) is 5.85. The molecular weight excluding hydrogens is 208 g/mol. The van der Waals surface area contributed by atoms with Gasteiger partial charge >= 0.3 is 0 Å². The molecular formula is C11H24N2O3. The highest BCUT2D eigenvalue weighted by Gasteiger charge is 1.96. The molecule has 0 heterocycles. The van der Waals surface area contributed by atoms with Gasteiger partial charge in [0.1, 0.15) is 6.61 Å². The van der Waals surface area contributed by atoms with Crippen molar-refractivity contribution in [3.63, 3.8) is 0 Å². The summed E-state index contributed by atoms with van der Waals surface area (Å²) < 4.78 is 5.31. The minimum atomic E-state index is -0.457. The van der Waals surface area contributed by atoms with Crippen LogP contribution in [0, 0.1) is 0 Å². The van der Waals surface area contributed by atoms with E-state index in [9.17, 15) is 4.79 Å². The van der Waals surface area contributed by atoms with Gasteiger partial charge in [0.25, 0.3) is 0 Å². The lowest BCUT2D eigenvalue weighted by Gasteiger charge is -2.08. The Morgan fingerprint density at radius 2 is 2.00 bits per heavy atom. The Morgan fingerprint density at radius 1 is 1.25 bits per heavy atom. The third-order valence-corrected chi connectivity index (χ3v) is 1.98. The van der Waals surface area contributed by atoms with Gasteiger partial charge < -0.3 is 20.5 Å². The molecule has 0 spiro atoms. The van der Waals surface area contributed by atoms with Crippen molar-refractivity contribution >= 4 is 5.91 Å². The fourth-order valence-electron chi connectivity index (χ4n) is 1.14. The van der Waals surface area contributed by atoms with Crippen LogP contribution in [0.3, 0.4) is 0 Å². The molecule has 16 heavy (non-hydrogen) atoms. The van der Waals surface area contributed by atoms with Crippen molar-refractivity contribution in [2.45, 2.75) is 32.7 Å². The van der Waals surface area contributed by atoms with Crippen LogP contribution in [0.25, 0.3) is 0 Å². The van der Waals surface area contributed by atoms with E-state index >= 15 is 0 Å². The number of nitrogens with one attached hydrogen (secondary N) is 2. The maximum Gasteiger partial charge on any atom is 0.245 e. The molecule has 0 radical (unpaired) electrons. The van der Waals surface area contributed by atoms with Crippen molar-refractivity contribution in [1.29, 1.82) is 0 Å². The Kier molecular flexibility index (Phi) is 10.4. The summed E-state index contributed by atoms with van der Waals surface area (Å²) in [6.45, 7) is 6.49. The van der Waals surface area contributed by atoms with Crippen molar-refractivity contribution in [3.8, 4) is 0 Å². The third-order valence-electron chi connectivity index (χ3n) is 1.98. The van der Waals surface area contributed by atoms with Crippen LogP contribution >= 0.6 is 0 Å². The number of aliphatic hydroxyl groups is 1. The third kappa shape index (κ3) is 11.4. The molecule has 0 fully saturated rings. The molecule has 5 nitrogen and oxygen atoms in total. The van der Waals surface area contributed by atoms with Crippen LogP contribution in [0.1, 0.15) is 26.7 Å². The Labute approximate surface area is 97.6 Å². The van der Waals surface area contributed by atoms with Crippen molar-refractivity contribution in [2.75, 3.05) is 32.9 Å². The second-order valence-corrected chi connectivity index (χ2v) is 3.94. The van der Waals surface area contributed by atoms with Crippen molar-refractivity contribution in [1.82, 2.24) is 10.6 Å². The van der Waals surface area contributed by atoms with Gasteiger partial charge in [-0.1, -0.05) is 13.8 Å². The van der Waals surface area contributed by atoms with E-state index in [2.05, 4.69) is 24.5 Å². The second kappa shape index (κ2) is 10.9. The minimum absolute atomic E-state index is 0.357. The minimum Gasteiger partial charge on any atom is -0.387 e. The Balaban J connectivity index is 3.01. The van der Waals surface area contributed by atoms with Crippen molar-refractivity contribution in [3.05, 3.63) is 0 Å². The SMILES string of the molecule is CC(C)NCCCCOCCNC(=O)CO. The van der Waals surface area contributed by atoms with Gasteiger partial charge in [0.2, 0.25) is 5.91 Å². The summed E-state index contributed by atoms with van der Waals surface area (Å²) in [5.41, 5.74) is 0. The van der Waals surface area contributed by atoms with E-state index in [-0.39, 0.29) is 5.91 Å². The van der Waals surface area contributed by atoms with Crippen molar-refractivity contribution < 1.29 is 14.6 Å². The number of hydrogen-bond donors (Lipinski definition) is 3. The van der Waals surface area contributed by atoms with E-state index in [0.29, 0.717) is 19.2 Å². The molecule has 0 bridgehead atoms. The summed E-state index contributed by atoms with van der Waals surface area (Å²) in [6.07, 6.45) is 2.12. The number of aliphatic hydroxyl groups excluding tert-OH is 1. The average Bonchev–Trinajstić information content (AvgIpc) is 2.26. The van der Waals surface area contributed by atoms with Gasteiger partial charge in [-0.2, -0.15) is 0 Å². The van der Waals surface area contributed by atoms with E-state index in [1.807, 2.05) is 0 Å². The molecule has 0 atom stereocenters. The van der Waals surface area contributed by atoms with Crippen LogP contribution in [0.15, 0.2) is 0 Å². The number of ether oxygens (including phenoxy) is 1. The van der Waals surface area contributed by atoms with Crippen LogP contribution in [-0.2, 0) is 9.53 Å². The second-order valence-electron chi connectivity index (χ2n) is 3.94. The summed E-state index contributed by atoms with van der Waals surface area (Å²) in [5.74, 6) is -0.357. The molecule has 0 saturated heterocycles. The molecule has 96 valence electrons. The standard InChI is InChI=1S/C11H24N2O3/c1-10(2)12-5-3-4-7-16-8-6-13-11(15)9-14/h10,12,14H,3-9H2,1-2H3,(H,13,15). The van der Waals surface area contributed by atoms with Gasteiger partial charge in [-0.25, -0.2) is 0 Å². The van der Waals surface area contributed by atoms with Gasteiger partial charge in [0.15, 0.2) is 0 Å². The van der Waals surface area contributed by atoms with Crippen LogP contribution in [0.4, 0.5) is 0 Å². The number of carbonyl (C=O) groups excluding carboxylic acids is 1. The summed E-state index contributed by atoms with van der Waals surface area (Å²) in [7, 11) is 0. The molecule has 0 aliphatic rings. The van der Waals surface area contributed by atoms with Gasteiger partial charge in [0.05, 0.1) is 6.61 Å². The smallest absolute Gasteiger partial charge is 0.245 e. The summed E-state index contributed by atoms with van der Waals surface area (Å²) in [4.78, 5) is 10.6. The van der Waals surface area contributed by atoms with E-state index in [1.54, 1.807) is 0 Å². The molecule has 5 heteroatoms. The van der Waals surface area contributed by atoms with Crippen LogP contribution in [0.5, 0.6) is 0 Å². The average molecular weight is 232 g/mol. The molecule has 0 unspecified atom stereocenters. The first kappa shape index (κ1) is 15.3. The summed E-state index contributed by atoms with van der Waals surface area (Å²) >= 11 is 0. The molecule has 0 rings (SSSR count). The van der Waals surface area contributed by atoms with E-state index < -0.39 is 6.61 Å². The number of hydrogen-bond acceptors (Lipinski definition) is 4. The molecule has 0 aromatic rings. The topological polar surface area (TPSA) is 70.6 Å². The predicted octanol–water partition coefficient (Wildman–Crippen LogP) is -0.110. The van der Waals surface area contributed by atoms with E-state index in [1.165, 1.54) is 0 Å². The molecule has 1 amide bonds. The van der Waals surface area contributed by atoms with Crippen LogP contribution in [0.2, 0.25) is 0 Å². The van der Waals surface area contributed by atoms with Crippen LogP contribution < -0.4 is 10.6 Å². The van der Waals surface area contributed by atoms with Gasteiger partial charge in [-0.05, 0) is 19.4 Å². The Bertz CT molecular complexity index is 175. The lowest BCUT2D eigenvalue weighted by Crippen LogP contribution is -2.29. The maximum atomic E-state index is 10.6. The Hall–Kier alpha value is -0.650. The van der Waals surface area contributed by atoms with Gasteiger partial charge in [0, 0.05) is 19.2 Å². The highest BCUT2D eigenvalue weighted by atomic mass is 16.5. The maximum absolute atomic E-state index is 10.6. The quantitative estimate of drug-likeness (QED) is 0.460. The molecule has 0 aliphatic heterocycles. The van der Waals surface area contributed by atoms with E-state index in [0.717, 1.165) is 26.0 Å². The monoisotopic (exact) mass is 232 g/mol. The molecule has 3 N–H and O–H groups in total. The molecule has 0 aromatic heterocycles. The van der Waals surface area contributed by atoms with Crippen molar-refractivity contribution in [2.24, 2.45) is 0 Å². The van der Waals surface area contributed by atoms with Gasteiger partial charge in [-0.3, -0.25) is 4.79 Å². The summed E-state index contributed by atoms with van der Waals surface area (Å²) in [6, 6.07) is 0.537. The lowest BCUT2D eigenvalue weighted by molar-refractivity contribution is -0.124. The largest absolute Gasteiger partial charge is 0.387 e. The predicted molar refractivity (Wildman–Crippen MR) is 63.3 cm³/mol. The van der Waals surface area contributed by atoms with Gasteiger partial charge in [-0.15, -0.1) is 0 Å². The molecule has 0 saturated carbocycles. The highest BCUT2D eigenvalue weighted by Crippen LogP contribution is 1.89. The Morgan fingerprint density at radius 3 is 2.62 bits per heavy atom. The summed E-state index contributed by atoms with van der Waals surface area (Å²) in [5, 5.41) is 14.3. The zero-order valence-corrected chi connectivity index (χ0v) is 10.3. The molecule has 0 aromatic carbocycles.